The Bertz CT molecular complexity index is 378. The Morgan fingerprint density at radius 2 is 2.31 bits per heavy atom. The average Bonchev–Trinajstić information content (AvgIpc) is 2.54. The van der Waals surface area contributed by atoms with E-state index in [1.807, 2.05) is 12.4 Å². The molecule has 1 aromatic heterocycles. The third-order valence-electron chi connectivity index (χ3n) is 3.21. The van der Waals surface area contributed by atoms with Gasteiger partial charge in [-0.2, -0.15) is 0 Å². The topological polar surface area (TPSA) is 30.0 Å². The first-order chi connectivity index (χ1) is 7.81. The Kier molecular flexibility index (Phi) is 3.99. The Hall–Kier alpha value is -0.830. The van der Waals surface area contributed by atoms with Gasteiger partial charge in [-0.15, -0.1) is 11.8 Å². The van der Waals surface area contributed by atoms with Crippen LogP contribution in [0, 0.1) is 0 Å². The summed E-state index contributed by atoms with van der Waals surface area (Å²) >= 11 is 1.72. The molecule has 0 aliphatic heterocycles. The van der Waals surface area contributed by atoms with Gasteiger partial charge in [-0.05, 0) is 36.6 Å². The van der Waals surface area contributed by atoms with E-state index in [1.54, 1.807) is 11.8 Å². The smallest absolute Gasteiger partial charge is 0.133 e. The number of thioether (sulfide) groups is 1. The van der Waals surface area contributed by atoms with Crippen molar-refractivity contribution in [3.63, 3.8) is 0 Å². The number of hydrogen-bond donors (Lipinski definition) is 0. The van der Waals surface area contributed by atoms with Crippen LogP contribution in [0.3, 0.4) is 0 Å². The van der Waals surface area contributed by atoms with Gasteiger partial charge >= 0.3 is 0 Å². The Balaban J connectivity index is 2.24. The summed E-state index contributed by atoms with van der Waals surface area (Å²) in [6.07, 6.45) is 10.7. The number of pyridine rings is 1. The lowest BCUT2D eigenvalue weighted by Gasteiger charge is -2.16. The van der Waals surface area contributed by atoms with E-state index in [-0.39, 0.29) is 0 Å². The van der Waals surface area contributed by atoms with Gasteiger partial charge in [0.05, 0.1) is 0 Å². The van der Waals surface area contributed by atoms with Gasteiger partial charge < -0.3 is 0 Å². The van der Waals surface area contributed by atoms with Crippen molar-refractivity contribution in [3.05, 3.63) is 24.0 Å². The number of aromatic nitrogens is 1. The molecule has 16 heavy (non-hydrogen) atoms. The summed E-state index contributed by atoms with van der Waals surface area (Å²) in [4.78, 5) is 17.0. The molecule has 0 aromatic carbocycles. The zero-order chi connectivity index (χ0) is 11.4. The molecule has 1 heterocycles. The maximum Gasteiger partial charge on any atom is 0.133 e. The number of hydrogen-bond acceptors (Lipinski definition) is 3. The van der Waals surface area contributed by atoms with Crippen molar-refractivity contribution in [1.82, 2.24) is 4.98 Å². The number of carbonyl (C=O) groups is 1. The van der Waals surface area contributed by atoms with E-state index >= 15 is 0 Å². The largest absolute Gasteiger partial charge is 0.300 e. The summed E-state index contributed by atoms with van der Waals surface area (Å²) in [5, 5.41) is 0. The van der Waals surface area contributed by atoms with Gasteiger partial charge in [0, 0.05) is 30.1 Å². The second kappa shape index (κ2) is 5.48. The van der Waals surface area contributed by atoms with Crippen LogP contribution in [0.2, 0.25) is 0 Å². The Morgan fingerprint density at radius 1 is 1.44 bits per heavy atom. The summed E-state index contributed by atoms with van der Waals surface area (Å²) < 4.78 is 0. The lowest BCUT2D eigenvalue weighted by atomic mass is 9.92. The minimum atomic E-state index is 0.417. The zero-order valence-electron chi connectivity index (χ0n) is 9.61. The molecule has 0 saturated heterocycles. The standard InChI is InChI=1S/C13H17NOS/c1-16-13-9-14-7-6-12(13)10-4-2-3-5-11(15)8-10/h6-7,9-10H,2-5,8H2,1H3. The summed E-state index contributed by atoms with van der Waals surface area (Å²) in [5.41, 5.74) is 1.32. The van der Waals surface area contributed by atoms with Crippen LogP contribution < -0.4 is 0 Å². The molecule has 0 bridgehead atoms. The van der Waals surface area contributed by atoms with Crippen molar-refractivity contribution in [3.8, 4) is 0 Å². The van der Waals surface area contributed by atoms with Gasteiger partial charge in [-0.1, -0.05) is 6.42 Å². The summed E-state index contributed by atoms with van der Waals surface area (Å²) in [6, 6.07) is 2.08. The number of rotatable bonds is 2. The quantitative estimate of drug-likeness (QED) is 0.581. The van der Waals surface area contributed by atoms with Crippen LogP contribution in [-0.2, 0) is 4.79 Å². The van der Waals surface area contributed by atoms with E-state index in [9.17, 15) is 4.79 Å². The molecule has 2 nitrogen and oxygen atoms in total. The van der Waals surface area contributed by atoms with Crippen LogP contribution in [0.25, 0.3) is 0 Å². The number of Topliss-reactive ketones (excluding diaryl/α,β-unsaturated/α-hetero) is 1. The molecule has 0 spiro atoms. The first-order valence-corrected chi connectivity index (χ1v) is 7.03. The molecule has 0 N–H and O–H groups in total. The minimum absolute atomic E-state index is 0.417. The molecule has 86 valence electrons. The van der Waals surface area contributed by atoms with Gasteiger partial charge in [0.1, 0.15) is 5.78 Å². The average molecular weight is 235 g/mol. The van der Waals surface area contributed by atoms with Crippen molar-refractivity contribution in [1.29, 1.82) is 0 Å². The monoisotopic (exact) mass is 235 g/mol. The predicted octanol–water partition coefficient (Wildman–Crippen LogP) is 3.42. The predicted molar refractivity (Wildman–Crippen MR) is 66.9 cm³/mol. The molecule has 1 aliphatic rings. The number of nitrogens with zero attached hydrogens (tertiary/aromatic N) is 1. The van der Waals surface area contributed by atoms with Crippen molar-refractivity contribution < 1.29 is 4.79 Å². The molecule has 3 heteroatoms. The zero-order valence-corrected chi connectivity index (χ0v) is 10.4. The van der Waals surface area contributed by atoms with Crippen LogP contribution in [0.15, 0.2) is 23.4 Å². The fourth-order valence-electron chi connectivity index (χ4n) is 2.36. The first kappa shape index (κ1) is 11.6. The molecule has 1 aromatic rings. The lowest BCUT2D eigenvalue weighted by molar-refractivity contribution is -0.119. The van der Waals surface area contributed by atoms with Crippen LogP contribution in [0.4, 0.5) is 0 Å². The third-order valence-corrected chi connectivity index (χ3v) is 3.99. The van der Waals surface area contributed by atoms with Gasteiger partial charge in [0.15, 0.2) is 0 Å². The number of carbonyl (C=O) groups excluding carboxylic acids is 1. The normalized spacial score (nSPS) is 21.8. The highest BCUT2D eigenvalue weighted by Gasteiger charge is 2.21. The van der Waals surface area contributed by atoms with E-state index in [0.29, 0.717) is 11.7 Å². The van der Waals surface area contributed by atoms with Crippen LogP contribution >= 0.6 is 11.8 Å². The fraction of sp³-hybridized carbons (Fsp3) is 0.538. The van der Waals surface area contributed by atoms with Crippen molar-refractivity contribution in [2.75, 3.05) is 6.26 Å². The summed E-state index contributed by atoms with van der Waals surface area (Å²) in [5.74, 6) is 0.840. The van der Waals surface area contributed by atoms with E-state index < -0.39 is 0 Å². The van der Waals surface area contributed by atoms with Gasteiger partial charge in [-0.25, -0.2) is 0 Å². The van der Waals surface area contributed by atoms with E-state index in [2.05, 4.69) is 17.3 Å². The summed E-state index contributed by atoms with van der Waals surface area (Å²) in [6.45, 7) is 0. The molecule has 1 atom stereocenters. The third kappa shape index (κ3) is 2.64. The molecule has 1 fully saturated rings. The van der Waals surface area contributed by atoms with Crippen LogP contribution in [0.1, 0.15) is 43.6 Å². The second-order valence-electron chi connectivity index (χ2n) is 4.30. The Morgan fingerprint density at radius 3 is 3.12 bits per heavy atom. The Labute approximate surface area is 101 Å². The molecular weight excluding hydrogens is 218 g/mol. The summed E-state index contributed by atoms with van der Waals surface area (Å²) in [7, 11) is 0. The SMILES string of the molecule is CSc1cnccc1C1CCCCC(=O)C1. The van der Waals surface area contributed by atoms with Crippen molar-refractivity contribution in [2.45, 2.75) is 42.9 Å². The molecule has 0 amide bonds. The minimum Gasteiger partial charge on any atom is -0.300 e. The van der Waals surface area contributed by atoms with E-state index in [0.717, 1.165) is 25.7 Å². The molecule has 2 rings (SSSR count). The van der Waals surface area contributed by atoms with Gasteiger partial charge in [0.2, 0.25) is 0 Å². The molecule has 1 saturated carbocycles. The van der Waals surface area contributed by atoms with Crippen molar-refractivity contribution in [2.24, 2.45) is 0 Å². The second-order valence-corrected chi connectivity index (χ2v) is 5.15. The van der Waals surface area contributed by atoms with Crippen LogP contribution in [0.5, 0.6) is 0 Å². The molecule has 1 aliphatic carbocycles. The van der Waals surface area contributed by atoms with Crippen LogP contribution in [-0.4, -0.2) is 17.0 Å². The van der Waals surface area contributed by atoms with Crippen molar-refractivity contribution >= 4 is 17.5 Å². The van der Waals surface area contributed by atoms with E-state index in [1.165, 1.54) is 16.9 Å². The fourth-order valence-corrected chi connectivity index (χ4v) is 2.99. The van der Waals surface area contributed by atoms with E-state index in [4.69, 9.17) is 0 Å². The maximum atomic E-state index is 11.6. The lowest BCUT2D eigenvalue weighted by Crippen LogP contribution is -2.05. The highest BCUT2D eigenvalue weighted by molar-refractivity contribution is 7.98. The van der Waals surface area contributed by atoms with Gasteiger partial charge in [-0.3, -0.25) is 9.78 Å². The molecule has 1 unspecified atom stereocenters. The highest BCUT2D eigenvalue weighted by Crippen LogP contribution is 2.34. The molecular formula is C13H17NOS. The maximum absolute atomic E-state index is 11.6. The number of ketones is 1. The molecule has 0 radical (unpaired) electrons. The first-order valence-electron chi connectivity index (χ1n) is 5.81. The van der Waals surface area contributed by atoms with Gasteiger partial charge in [0.25, 0.3) is 0 Å². The highest BCUT2D eigenvalue weighted by atomic mass is 32.2.